The first-order valence-corrected chi connectivity index (χ1v) is 3.34. The summed E-state index contributed by atoms with van der Waals surface area (Å²) in [4.78, 5) is 0. The summed E-state index contributed by atoms with van der Waals surface area (Å²) in [6, 6.07) is 0. The van der Waals surface area contributed by atoms with Crippen molar-refractivity contribution < 1.29 is 14.2 Å². The van der Waals surface area contributed by atoms with Gasteiger partial charge in [-0.25, -0.2) is 4.39 Å². The van der Waals surface area contributed by atoms with Gasteiger partial charge in [-0.15, -0.1) is 6.42 Å². The molecule has 1 aliphatic heterocycles. The van der Waals surface area contributed by atoms with Gasteiger partial charge in [-0.2, -0.15) is 0 Å². The number of hydrogen-bond acceptors (Lipinski definition) is 2. The number of rotatable bonds is 0. The summed E-state index contributed by atoms with van der Waals surface area (Å²) in [5.41, 5.74) is -3.11. The van der Waals surface area contributed by atoms with Crippen molar-refractivity contribution in [3.63, 3.8) is 0 Å². The molecule has 0 aromatic heterocycles. The smallest absolute Gasteiger partial charge is 0.162 e. The molecule has 0 aromatic rings. The van der Waals surface area contributed by atoms with Crippen molar-refractivity contribution in [3.05, 3.63) is 0 Å². The van der Waals surface area contributed by atoms with Crippen molar-refractivity contribution in [3.8, 4) is 12.3 Å². The predicted octanol–water partition coefficient (Wildman–Crippen LogP) is -0.644. The van der Waals surface area contributed by atoms with Gasteiger partial charge >= 0.3 is 0 Å². The highest BCUT2D eigenvalue weighted by Gasteiger charge is 2.72. The number of halogens is 1. The molecule has 56 valence electrons. The van der Waals surface area contributed by atoms with Crippen LogP contribution in [0.3, 0.4) is 0 Å². The van der Waals surface area contributed by atoms with Gasteiger partial charge in [-0.05, 0) is 0 Å². The zero-order chi connectivity index (χ0) is 8.28. The quantitative estimate of drug-likeness (QED) is 0.369. The first-order valence-electron chi connectivity index (χ1n) is 3.34. The lowest BCUT2D eigenvalue weighted by Gasteiger charge is -2.23. The van der Waals surface area contributed by atoms with E-state index >= 15 is 0 Å². The molecule has 4 heteroatoms. The van der Waals surface area contributed by atoms with Gasteiger partial charge in [-0.1, -0.05) is 5.92 Å². The van der Waals surface area contributed by atoms with Gasteiger partial charge in [-0.3, -0.25) is 0 Å². The average molecular weight is 152 g/mol. The van der Waals surface area contributed by atoms with Crippen LogP contribution in [0.2, 0.25) is 0 Å². The van der Waals surface area contributed by atoms with Crippen LogP contribution in [0.1, 0.15) is 6.42 Å². The Labute approximate surface area is 65.1 Å². The van der Waals surface area contributed by atoms with E-state index < -0.39 is 23.4 Å². The molecule has 0 aromatic carbocycles. The van der Waals surface area contributed by atoms with Gasteiger partial charge < -0.3 is 9.84 Å². The summed E-state index contributed by atoms with van der Waals surface area (Å²) >= 11 is 0. The number of aliphatic hydroxyl groups is 1. The van der Waals surface area contributed by atoms with Crippen LogP contribution in [0.5, 0.6) is 0 Å². The molecule has 1 unspecified atom stereocenters. The number of fused-ring (bicyclic) bond motifs is 1. The van der Waals surface area contributed by atoms with Crippen molar-refractivity contribution in [1.82, 2.24) is 0 Å². The van der Waals surface area contributed by atoms with Crippen LogP contribution in [0.25, 0.3) is 0 Å². The van der Waals surface area contributed by atoms with Crippen LogP contribution in [-0.2, 0) is 4.74 Å². The van der Waals surface area contributed by atoms with Crippen molar-refractivity contribution in [2.75, 3.05) is 0 Å². The number of alkyl halides is 1. The minimum Gasteiger partial charge on any atom is -0.384 e. The Balaban J connectivity index is 2.29. The molecule has 0 amide bonds. The molecule has 0 spiro atoms. The summed E-state index contributed by atoms with van der Waals surface area (Å²) < 4.78 is 18.1. The summed E-state index contributed by atoms with van der Waals surface area (Å²) in [5.74, 6) is 2.00. The topological polar surface area (TPSA) is 29.5 Å². The van der Waals surface area contributed by atoms with Crippen molar-refractivity contribution in [2.24, 2.45) is 0 Å². The van der Waals surface area contributed by atoms with E-state index in [2.05, 4.69) is 0 Å². The third-order valence-corrected chi connectivity index (χ3v) is 2.29. The van der Waals surface area contributed by atoms with Gasteiger partial charge in [0.25, 0.3) is 0 Å². The molecule has 2 nitrogen and oxygen atoms in total. The van der Waals surface area contributed by atoms with Gasteiger partial charge in [0.2, 0.25) is 0 Å². The Morgan fingerprint density at radius 1 is 1.82 bits per heavy atom. The molecule has 2 radical (unpaired) electrons. The molecule has 4 atom stereocenters. The van der Waals surface area contributed by atoms with Crippen LogP contribution in [0, 0.1) is 12.3 Å². The summed E-state index contributed by atoms with van der Waals surface area (Å²) in [6.07, 6.45) is 3.09. The molecule has 1 saturated heterocycles. The molecule has 2 fully saturated rings. The molecule has 1 heterocycles. The van der Waals surface area contributed by atoms with Crippen molar-refractivity contribution in [2.45, 2.75) is 29.8 Å². The molecule has 1 saturated carbocycles. The summed E-state index contributed by atoms with van der Waals surface area (Å²) in [6.45, 7) is 0. The minimum absolute atomic E-state index is 0.300. The van der Waals surface area contributed by atoms with E-state index in [9.17, 15) is 9.50 Å². The van der Waals surface area contributed by atoms with E-state index in [0.717, 1.165) is 0 Å². The Morgan fingerprint density at radius 2 is 2.45 bits per heavy atom. The van der Waals surface area contributed by atoms with Crippen LogP contribution >= 0.6 is 0 Å². The Bertz CT molecular complexity index is 251. The number of ether oxygens (including phenoxy) is 1. The Morgan fingerprint density at radius 3 is 2.73 bits per heavy atom. The molecule has 0 bridgehead atoms. The van der Waals surface area contributed by atoms with Crippen LogP contribution in [0.15, 0.2) is 0 Å². The normalized spacial score (nSPS) is 60.1. The van der Waals surface area contributed by atoms with Crippen molar-refractivity contribution in [1.29, 1.82) is 0 Å². The van der Waals surface area contributed by atoms with E-state index in [0.29, 0.717) is 6.42 Å². The molecular weight excluding hydrogens is 146 g/mol. The number of terminal acetylenes is 1. The highest BCUT2D eigenvalue weighted by molar-refractivity contribution is 6.17. The minimum atomic E-state index is -1.71. The lowest BCUT2D eigenvalue weighted by atomic mass is 9.77. The molecule has 1 N–H and O–H groups in total. The molecule has 1 aliphatic carbocycles. The maximum absolute atomic E-state index is 13.1. The standard InChI is InChI=1S/C7H6BFO2/c1-2-7(8)5(9)6(10)3-4(6)11-7/h1,4-5,10H,3H2/t4-,5-,6?,7-/m1/s1. The fourth-order valence-electron chi connectivity index (χ4n) is 1.42. The van der Waals surface area contributed by atoms with E-state index in [1.807, 2.05) is 5.92 Å². The lowest BCUT2D eigenvalue weighted by molar-refractivity contribution is 0.0281. The van der Waals surface area contributed by atoms with E-state index in [4.69, 9.17) is 19.0 Å². The van der Waals surface area contributed by atoms with E-state index in [1.54, 1.807) is 0 Å². The van der Waals surface area contributed by atoms with E-state index in [1.165, 1.54) is 0 Å². The van der Waals surface area contributed by atoms with E-state index in [-0.39, 0.29) is 0 Å². The van der Waals surface area contributed by atoms with Gasteiger partial charge in [0.15, 0.2) is 6.17 Å². The summed E-state index contributed by atoms with van der Waals surface area (Å²) in [7, 11) is 5.31. The molecular formula is C7H6BFO2. The lowest BCUT2D eigenvalue weighted by Crippen LogP contribution is -2.43. The number of hydrogen-bond donors (Lipinski definition) is 1. The first-order chi connectivity index (χ1) is 5.03. The maximum atomic E-state index is 13.1. The van der Waals surface area contributed by atoms with Gasteiger partial charge in [0.1, 0.15) is 18.9 Å². The van der Waals surface area contributed by atoms with Gasteiger partial charge in [0.05, 0.1) is 6.10 Å². The average Bonchev–Trinajstić information content (AvgIpc) is 2.56. The highest BCUT2D eigenvalue weighted by Crippen LogP contribution is 2.54. The predicted molar refractivity (Wildman–Crippen MR) is 36.7 cm³/mol. The van der Waals surface area contributed by atoms with Crippen LogP contribution < -0.4 is 0 Å². The second-order valence-electron chi connectivity index (χ2n) is 3.10. The zero-order valence-corrected chi connectivity index (χ0v) is 5.75. The second-order valence-corrected chi connectivity index (χ2v) is 3.10. The second kappa shape index (κ2) is 1.62. The summed E-state index contributed by atoms with van der Waals surface area (Å²) in [5, 5.41) is 9.33. The van der Waals surface area contributed by atoms with Crippen LogP contribution in [0.4, 0.5) is 4.39 Å². The molecule has 2 rings (SSSR count). The zero-order valence-electron chi connectivity index (χ0n) is 5.75. The fraction of sp³-hybridized carbons (Fsp3) is 0.714. The third kappa shape index (κ3) is 0.653. The largest absolute Gasteiger partial charge is 0.384 e. The van der Waals surface area contributed by atoms with Crippen LogP contribution in [-0.4, -0.2) is 36.3 Å². The Kier molecular flexibility index (Phi) is 1.05. The fourth-order valence-corrected chi connectivity index (χ4v) is 1.42. The third-order valence-electron chi connectivity index (χ3n) is 2.29. The molecule has 2 aliphatic rings. The Hall–Kier alpha value is -0.525. The SMILES string of the molecule is [B][C@]1(C#C)O[C@@H]2CC2(O)[C@H]1F. The highest BCUT2D eigenvalue weighted by atomic mass is 19.1. The monoisotopic (exact) mass is 152 g/mol. The van der Waals surface area contributed by atoms with Crippen molar-refractivity contribution >= 4 is 7.85 Å². The first kappa shape index (κ1) is 7.14. The maximum Gasteiger partial charge on any atom is 0.162 e. The van der Waals surface area contributed by atoms with Gasteiger partial charge in [0, 0.05) is 6.42 Å². The molecule has 11 heavy (non-hydrogen) atoms.